The van der Waals surface area contributed by atoms with Crippen LogP contribution in [0.1, 0.15) is 41.3 Å². The highest BCUT2D eigenvalue weighted by atomic mass is 16.5. The van der Waals surface area contributed by atoms with Gasteiger partial charge in [0.25, 0.3) is 0 Å². The van der Waals surface area contributed by atoms with Crippen LogP contribution in [0.15, 0.2) is 48.5 Å². The van der Waals surface area contributed by atoms with Gasteiger partial charge in [-0.05, 0) is 29.7 Å². The van der Waals surface area contributed by atoms with Gasteiger partial charge in [-0.3, -0.25) is 9.59 Å². The minimum absolute atomic E-state index is 0.0132. The summed E-state index contributed by atoms with van der Waals surface area (Å²) in [6.45, 7) is 5.98. The van der Waals surface area contributed by atoms with Gasteiger partial charge >= 0.3 is 0 Å². The molecule has 1 fully saturated rings. The van der Waals surface area contributed by atoms with Gasteiger partial charge in [0.2, 0.25) is 5.91 Å². The van der Waals surface area contributed by atoms with Crippen LogP contribution in [-0.2, 0) is 22.5 Å². The molecule has 0 spiro atoms. The minimum atomic E-state index is -0.0132. The molecule has 1 aliphatic rings. The van der Waals surface area contributed by atoms with Crippen molar-refractivity contribution in [2.75, 3.05) is 38.3 Å². The van der Waals surface area contributed by atoms with Crippen LogP contribution in [0.25, 0.3) is 0 Å². The summed E-state index contributed by atoms with van der Waals surface area (Å²) in [7, 11) is 1.79. The number of hydrogen-bond acceptors (Lipinski definition) is 4. The maximum absolute atomic E-state index is 12.4. The van der Waals surface area contributed by atoms with E-state index in [1.807, 2.05) is 24.3 Å². The summed E-state index contributed by atoms with van der Waals surface area (Å²) in [4.78, 5) is 28.8. The summed E-state index contributed by atoms with van der Waals surface area (Å²) in [6.07, 6.45) is 1.42. The summed E-state index contributed by atoms with van der Waals surface area (Å²) in [5.41, 5.74) is 4.15. The van der Waals surface area contributed by atoms with Crippen LogP contribution in [-0.4, -0.2) is 49.9 Å². The first-order chi connectivity index (χ1) is 14.1. The van der Waals surface area contributed by atoms with Crippen molar-refractivity contribution in [1.29, 1.82) is 0 Å². The second kappa shape index (κ2) is 10.2. The van der Waals surface area contributed by atoms with Gasteiger partial charge < -0.3 is 14.5 Å². The van der Waals surface area contributed by atoms with Crippen LogP contribution in [0.4, 0.5) is 5.69 Å². The molecule has 0 saturated carbocycles. The lowest BCUT2D eigenvalue weighted by atomic mass is 10.0. The monoisotopic (exact) mass is 394 g/mol. The fourth-order valence-corrected chi connectivity index (χ4v) is 3.48. The number of Topliss-reactive ketones (excluding diaryl/α,β-unsaturated/α-hetero) is 1. The van der Waals surface area contributed by atoms with Gasteiger partial charge in [0.05, 0.1) is 13.2 Å². The van der Waals surface area contributed by atoms with E-state index in [0.29, 0.717) is 12.1 Å². The normalized spacial score (nSPS) is 13.9. The van der Waals surface area contributed by atoms with Gasteiger partial charge in [-0.15, -0.1) is 0 Å². The number of anilines is 1. The third-order valence-electron chi connectivity index (χ3n) is 5.41. The lowest BCUT2D eigenvalue weighted by Gasteiger charge is -2.29. The number of ketones is 1. The molecule has 0 bridgehead atoms. The first-order valence-corrected chi connectivity index (χ1v) is 10.3. The van der Waals surface area contributed by atoms with Crippen molar-refractivity contribution in [1.82, 2.24) is 4.90 Å². The molecule has 0 unspecified atom stereocenters. The molecule has 154 valence electrons. The number of morpholine rings is 1. The third kappa shape index (κ3) is 5.91. The van der Waals surface area contributed by atoms with Gasteiger partial charge in [-0.1, -0.05) is 43.3 Å². The van der Waals surface area contributed by atoms with Crippen LogP contribution >= 0.6 is 0 Å². The molecule has 5 nitrogen and oxygen atoms in total. The molecule has 1 amide bonds. The zero-order valence-electron chi connectivity index (χ0n) is 17.4. The summed E-state index contributed by atoms with van der Waals surface area (Å²) >= 11 is 0. The Morgan fingerprint density at radius 3 is 2.17 bits per heavy atom. The molecule has 29 heavy (non-hydrogen) atoms. The molecule has 0 aliphatic carbocycles. The molecule has 1 aliphatic heterocycles. The van der Waals surface area contributed by atoms with E-state index in [4.69, 9.17) is 4.74 Å². The molecule has 1 heterocycles. The van der Waals surface area contributed by atoms with Crippen molar-refractivity contribution in [2.24, 2.45) is 0 Å². The van der Waals surface area contributed by atoms with Crippen LogP contribution in [0.2, 0.25) is 0 Å². The average molecular weight is 395 g/mol. The SMILES string of the molecule is CCc1ccc(C(=O)CCC(=O)N(C)Cc2ccc(N3CCOCC3)cc2)cc1. The van der Waals surface area contributed by atoms with Crippen LogP contribution in [0.5, 0.6) is 0 Å². The topological polar surface area (TPSA) is 49.9 Å². The Morgan fingerprint density at radius 2 is 1.55 bits per heavy atom. The van der Waals surface area contributed by atoms with Gasteiger partial charge in [-0.25, -0.2) is 0 Å². The maximum Gasteiger partial charge on any atom is 0.223 e. The van der Waals surface area contributed by atoms with Crippen molar-refractivity contribution >= 4 is 17.4 Å². The Bertz CT molecular complexity index is 809. The second-order valence-electron chi connectivity index (χ2n) is 7.49. The number of carbonyl (C=O) groups excluding carboxylic acids is 2. The first kappa shape index (κ1) is 21.1. The highest BCUT2D eigenvalue weighted by Crippen LogP contribution is 2.18. The summed E-state index contributed by atoms with van der Waals surface area (Å²) in [5.74, 6) is 0.00468. The maximum atomic E-state index is 12.4. The Labute approximate surface area is 173 Å². The molecule has 1 saturated heterocycles. The number of rotatable bonds is 8. The first-order valence-electron chi connectivity index (χ1n) is 10.3. The number of hydrogen-bond donors (Lipinski definition) is 0. The molecular formula is C24H30N2O3. The Morgan fingerprint density at radius 1 is 0.931 bits per heavy atom. The van der Waals surface area contributed by atoms with E-state index in [2.05, 4.69) is 36.1 Å². The Balaban J connectivity index is 1.47. The van der Waals surface area contributed by atoms with Crippen molar-refractivity contribution < 1.29 is 14.3 Å². The van der Waals surface area contributed by atoms with E-state index < -0.39 is 0 Å². The smallest absolute Gasteiger partial charge is 0.223 e. The highest BCUT2D eigenvalue weighted by molar-refractivity contribution is 5.97. The Hall–Kier alpha value is -2.66. The largest absolute Gasteiger partial charge is 0.378 e. The number of amides is 1. The zero-order chi connectivity index (χ0) is 20.6. The number of aryl methyl sites for hydroxylation is 1. The Kier molecular flexibility index (Phi) is 7.42. The molecule has 2 aromatic rings. The minimum Gasteiger partial charge on any atom is -0.378 e. The lowest BCUT2D eigenvalue weighted by molar-refractivity contribution is -0.130. The van der Waals surface area contributed by atoms with Gasteiger partial charge in [0, 0.05) is 50.8 Å². The average Bonchev–Trinajstić information content (AvgIpc) is 2.78. The predicted octanol–water partition coefficient (Wildman–Crippen LogP) is 3.71. The quantitative estimate of drug-likeness (QED) is 0.641. The van der Waals surface area contributed by atoms with Crippen molar-refractivity contribution in [2.45, 2.75) is 32.7 Å². The van der Waals surface area contributed by atoms with E-state index >= 15 is 0 Å². The zero-order valence-corrected chi connectivity index (χ0v) is 17.4. The molecule has 5 heteroatoms. The van der Waals surface area contributed by atoms with Gasteiger partial charge in [0.1, 0.15) is 0 Å². The molecule has 0 N–H and O–H groups in total. The summed E-state index contributed by atoms with van der Waals surface area (Å²) in [5, 5.41) is 0. The number of benzene rings is 2. The summed E-state index contributed by atoms with van der Waals surface area (Å²) in [6, 6.07) is 16.0. The van der Waals surface area contributed by atoms with E-state index in [0.717, 1.165) is 38.3 Å². The van der Waals surface area contributed by atoms with Crippen molar-refractivity contribution in [3.63, 3.8) is 0 Å². The standard InChI is InChI=1S/C24H30N2O3/c1-3-19-4-8-21(9-5-19)23(27)12-13-24(28)25(2)18-20-6-10-22(11-7-20)26-14-16-29-17-15-26/h4-11H,3,12-18H2,1-2H3. The molecule has 0 aromatic heterocycles. The molecule has 0 atom stereocenters. The second-order valence-corrected chi connectivity index (χ2v) is 7.49. The van der Waals surface area contributed by atoms with Crippen molar-refractivity contribution in [3.8, 4) is 0 Å². The predicted molar refractivity (Wildman–Crippen MR) is 115 cm³/mol. The number of carbonyl (C=O) groups is 2. The fraction of sp³-hybridized carbons (Fsp3) is 0.417. The molecular weight excluding hydrogens is 364 g/mol. The van der Waals surface area contributed by atoms with Crippen molar-refractivity contribution in [3.05, 3.63) is 65.2 Å². The van der Waals surface area contributed by atoms with E-state index in [-0.39, 0.29) is 24.5 Å². The number of ether oxygens (including phenoxy) is 1. The van der Waals surface area contributed by atoms with E-state index in [9.17, 15) is 9.59 Å². The fourth-order valence-electron chi connectivity index (χ4n) is 3.48. The lowest BCUT2D eigenvalue weighted by Crippen LogP contribution is -2.36. The molecule has 3 rings (SSSR count). The van der Waals surface area contributed by atoms with Crippen LogP contribution in [0.3, 0.4) is 0 Å². The van der Waals surface area contributed by atoms with Gasteiger partial charge in [0.15, 0.2) is 5.78 Å². The summed E-state index contributed by atoms with van der Waals surface area (Å²) < 4.78 is 5.39. The third-order valence-corrected chi connectivity index (χ3v) is 5.41. The number of nitrogens with zero attached hydrogens (tertiary/aromatic N) is 2. The van der Waals surface area contributed by atoms with E-state index in [1.54, 1.807) is 11.9 Å². The van der Waals surface area contributed by atoms with Gasteiger partial charge in [-0.2, -0.15) is 0 Å². The van der Waals surface area contributed by atoms with Crippen LogP contribution in [0, 0.1) is 0 Å². The highest BCUT2D eigenvalue weighted by Gasteiger charge is 2.14. The molecule has 2 aromatic carbocycles. The van der Waals surface area contributed by atoms with Crippen LogP contribution < -0.4 is 4.90 Å². The molecule has 0 radical (unpaired) electrons. The van der Waals surface area contributed by atoms with E-state index in [1.165, 1.54) is 11.3 Å².